The predicted octanol–water partition coefficient (Wildman–Crippen LogP) is 6.66. The molecule has 0 atom stereocenters. The van der Waals surface area contributed by atoms with Crippen molar-refractivity contribution in [2.45, 2.75) is 10.3 Å². The second-order valence-electron chi connectivity index (χ2n) is 6.97. The zero-order valence-corrected chi connectivity index (χ0v) is 25.9. The zero-order valence-electron chi connectivity index (χ0n) is 20.3. The molecule has 5 aromatic rings. The van der Waals surface area contributed by atoms with Gasteiger partial charge in [-0.05, 0) is 58.4 Å². The third-order valence-electron chi connectivity index (χ3n) is 4.19. The molecule has 18 heteroatoms. The number of H-pyrrole nitrogens is 3. The van der Waals surface area contributed by atoms with Gasteiger partial charge in [-0.15, -0.1) is 0 Å². The second kappa shape index (κ2) is 15.6. The summed E-state index contributed by atoms with van der Waals surface area (Å²) in [5, 5.41) is 12.6. The minimum Gasteiger partial charge on any atom is -0.378 e. The minimum absolute atomic E-state index is 0.155. The van der Waals surface area contributed by atoms with E-state index in [1.165, 1.54) is 35.4 Å². The van der Waals surface area contributed by atoms with Crippen molar-refractivity contribution in [3.8, 4) is 0 Å². The number of halogens is 4. The second-order valence-corrected chi connectivity index (χ2v) is 15.5. The number of aromatic amines is 3. The number of nitrogens with zero attached hydrogens (tertiary/aromatic N) is 6. The van der Waals surface area contributed by atoms with Crippen LogP contribution >= 0.6 is 74.0 Å². The van der Waals surface area contributed by atoms with E-state index in [0.717, 1.165) is 5.39 Å². The monoisotopic (exact) mass is 655 g/mol. The fourth-order valence-electron chi connectivity index (χ4n) is 2.52. The third-order valence-corrected chi connectivity index (χ3v) is 5.60. The summed E-state index contributed by atoms with van der Waals surface area (Å²) in [6.07, 6.45) is 6.82. The fraction of sp³-hybridized carbons (Fsp3) is 0.200. The molecule has 0 fully saturated rings. The number of thioether (sulfide) groups is 2. The molecule has 204 valence electrons. The Morgan fingerprint density at radius 1 is 0.868 bits per heavy atom. The molecule has 1 aromatic carbocycles. The number of fused-ring (bicyclic) bond motifs is 2. The van der Waals surface area contributed by atoms with Gasteiger partial charge in [-0.2, -0.15) is 10.2 Å². The Bertz CT molecular complexity index is 1540. The summed E-state index contributed by atoms with van der Waals surface area (Å²) in [5.74, 6) is 0. The van der Waals surface area contributed by atoms with Crippen LogP contribution in [0.3, 0.4) is 0 Å². The van der Waals surface area contributed by atoms with E-state index in [0.29, 0.717) is 32.1 Å². The fourth-order valence-corrected chi connectivity index (χ4v) is 3.53. The molecule has 0 radical (unpaired) electrons. The molecular formula is C20H22Cl4N9O2PS2. The van der Waals surface area contributed by atoms with Gasteiger partial charge in [0.1, 0.15) is 10.5 Å². The molecule has 4 heterocycles. The number of nitrogens with one attached hydrogen (secondary N) is 3. The van der Waals surface area contributed by atoms with E-state index < -0.39 is 5.20 Å². The number of rotatable bonds is 3. The summed E-state index contributed by atoms with van der Waals surface area (Å²) in [6, 6.07) is 10.3. The summed E-state index contributed by atoms with van der Waals surface area (Å²) >= 11 is 22.5. The summed E-state index contributed by atoms with van der Waals surface area (Å²) in [5.41, 5.74) is 2.30. The van der Waals surface area contributed by atoms with Crippen LogP contribution in [0.4, 0.5) is 5.69 Å². The molecule has 0 unspecified atom stereocenters. The van der Waals surface area contributed by atoms with Crippen molar-refractivity contribution in [1.82, 2.24) is 40.3 Å². The minimum atomic E-state index is -3.22. The van der Waals surface area contributed by atoms with E-state index in [9.17, 15) is 9.36 Å². The van der Waals surface area contributed by atoms with Gasteiger partial charge in [0.25, 0.3) is 5.56 Å². The van der Waals surface area contributed by atoms with Crippen molar-refractivity contribution in [1.29, 1.82) is 0 Å². The van der Waals surface area contributed by atoms with Crippen LogP contribution < -0.4 is 10.5 Å². The number of benzene rings is 1. The van der Waals surface area contributed by atoms with E-state index in [1.807, 2.05) is 44.8 Å². The first-order valence-electron chi connectivity index (χ1n) is 10.2. The summed E-state index contributed by atoms with van der Waals surface area (Å²) < 4.78 is 9.51. The molecule has 0 spiro atoms. The number of hydrogen-bond acceptors (Lipinski definition) is 10. The van der Waals surface area contributed by atoms with Gasteiger partial charge in [0, 0.05) is 19.8 Å². The van der Waals surface area contributed by atoms with Crippen LogP contribution in [0.2, 0.25) is 5.15 Å². The van der Waals surface area contributed by atoms with Crippen LogP contribution in [-0.4, -0.2) is 66.9 Å². The van der Waals surface area contributed by atoms with Gasteiger partial charge in [-0.1, -0.05) is 53.3 Å². The summed E-state index contributed by atoms with van der Waals surface area (Å²) in [4.78, 5) is 28.3. The summed E-state index contributed by atoms with van der Waals surface area (Å²) in [7, 11) is 4.07. The molecular weight excluding hydrogens is 635 g/mol. The van der Waals surface area contributed by atoms with E-state index in [4.69, 9.17) is 11.6 Å². The smallest absolute Gasteiger partial charge is 0.339 e. The lowest BCUT2D eigenvalue weighted by Crippen LogP contribution is -2.07. The summed E-state index contributed by atoms with van der Waals surface area (Å²) in [6.45, 7) is 0. The average Bonchev–Trinajstić information content (AvgIpc) is 3.54. The Labute approximate surface area is 245 Å². The highest BCUT2D eigenvalue weighted by atomic mass is 36.0. The molecule has 0 saturated carbocycles. The molecule has 0 bridgehead atoms. The molecule has 0 aliphatic carbocycles. The zero-order chi connectivity index (χ0) is 28.3. The molecule has 11 nitrogen and oxygen atoms in total. The van der Waals surface area contributed by atoms with Gasteiger partial charge in [0.05, 0.1) is 17.8 Å². The van der Waals surface area contributed by atoms with Crippen LogP contribution in [-0.2, 0) is 4.57 Å². The Hall–Kier alpha value is -1.99. The number of anilines is 1. The first-order valence-corrected chi connectivity index (χ1v) is 17.5. The molecule has 4 aromatic heterocycles. The maximum atomic E-state index is 11.3. The van der Waals surface area contributed by atoms with Crippen LogP contribution in [0.25, 0.3) is 22.1 Å². The topological polar surface area (TPSA) is 149 Å². The first kappa shape index (κ1) is 32.2. The van der Waals surface area contributed by atoms with Crippen molar-refractivity contribution in [2.24, 2.45) is 0 Å². The number of para-hydroxylation sites is 1. The van der Waals surface area contributed by atoms with Crippen molar-refractivity contribution in [3.63, 3.8) is 0 Å². The molecule has 3 N–H and O–H groups in total. The number of hydrogen-bond donors (Lipinski definition) is 3. The molecule has 0 aliphatic heterocycles. The van der Waals surface area contributed by atoms with Gasteiger partial charge in [-0.3, -0.25) is 19.6 Å². The lowest BCUT2D eigenvalue weighted by Gasteiger charge is -2.10. The highest BCUT2D eigenvalue weighted by Gasteiger charge is 2.06. The molecule has 0 saturated heterocycles. The van der Waals surface area contributed by atoms with Crippen LogP contribution in [0, 0.1) is 0 Å². The van der Waals surface area contributed by atoms with Crippen molar-refractivity contribution >= 4 is 102 Å². The van der Waals surface area contributed by atoms with Crippen LogP contribution in [0.15, 0.2) is 57.8 Å². The highest BCUT2D eigenvalue weighted by Crippen LogP contribution is 2.61. The van der Waals surface area contributed by atoms with Gasteiger partial charge in [0.2, 0.25) is 0 Å². The quantitative estimate of drug-likeness (QED) is 0.0832. The molecule has 38 heavy (non-hydrogen) atoms. The standard InChI is InChI=1S/C8H11N.C6H5ClN4S.C6H6N4OS.Cl3OP/c1-9(2)8-6-4-3-5-7-8;1-12-6-9-4(7)3-2-8-11-5(3)10-6;1-12-6-8-4-3(2-7-10-4)5(11)9-6;1-5(2,3)4/h3-7H,1-2H3;2H,1H3,(H,8,9,10,11);2H,1H3,(H2,7,8,9,10,11);. The largest absolute Gasteiger partial charge is 0.378 e. The van der Waals surface area contributed by atoms with Crippen molar-refractivity contribution < 1.29 is 4.57 Å². The maximum absolute atomic E-state index is 11.3. The average molecular weight is 657 g/mol. The van der Waals surface area contributed by atoms with E-state index in [2.05, 4.69) is 91.1 Å². The maximum Gasteiger partial charge on any atom is 0.339 e. The highest BCUT2D eigenvalue weighted by molar-refractivity contribution is 8.24. The third kappa shape index (κ3) is 11.0. The van der Waals surface area contributed by atoms with E-state index >= 15 is 0 Å². The van der Waals surface area contributed by atoms with Gasteiger partial charge >= 0.3 is 5.20 Å². The molecule has 0 amide bonds. The van der Waals surface area contributed by atoms with E-state index in [1.54, 1.807) is 6.20 Å². The van der Waals surface area contributed by atoms with Crippen LogP contribution in [0.5, 0.6) is 0 Å². The molecule has 0 aliphatic rings. The lowest BCUT2D eigenvalue weighted by atomic mass is 10.3. The Morgan fingerprint density at radius 3 is 1.92 bits per heavy atom. The Kier molecular flexibility index (Phi) is 13.2. The Morgan fingerprint density at radius 2 is 1.42 bits per heavy atom. The van der Waals surface area contributed by atoms with Gasteiger partial charge in [-0.25, -0.2) is 15.0 Å². The van der Waals surface area contributed by atoms with E-state index in [-0.39, 0.29) is 5.56 Å². The Balaban J connectivity index is 0.000000186. The van der Waals surface area contributed by atoms with Gasteiger partial charge < -0.3 is 9.88 Å². The first-order chi connectivity index (χ1) is 17.9. The van der Waals surface area contributed by atoms with Crippen molar-refractivity contribution in [2.75, 3.05) is 31.5 Å². The number of aromatic nitrogens is 8. The normalized spacial score (nSPS) is 10.5. The SMILES string of the molecule is CN(C)c1ccccc1.CSc1nc(Cl)c2cn[nH]c2n1.CSc1nc2[nH]ncc2c(=O)[nH]1.O=P(Cl)(Cl)Cl. The molecule has 5 rings (SSSR count). The van der Waals surface area contributed by atoms with Crippen LogP contribution in [0.1, 0.15) is 0 Å². The predicted molar refractivity (Wildman–Crippen MR) is 161 cm³/mol. The van der Waals surface area contributed by atoms with Gasteiger partial charge in [0.15, 0.2) is 21.6 Å². The lowest BCUT2D eigenvalue weighted by molar-refractivity contribution is 0.600. The van der Waals surface area contributed by atoms with Crippen molar-refractivity contribution in [3.05, 3.63) is 58.2 Å².